The molecule has 0 fully saturated rings. The smallest absolute Gasteiger partial charge is 0.223 e. The average Bonchev–Trinajstić information content (AvgIpc) is 2.24. The van der Waals surface area contributed by atoms with E-state index in [-0.39, 0.29) is 5.82 Å². The maximum atomic E-state index is 13.0. The summed E-state index contributed by atoms with van der Waals surface area (Å²) in [7, 11) is 0. The number of hydrogen-bond donors (Lipinski definition) is 0. The number of hydrogen-bond acceptors (Lipinski definition) is 3. The number of benzene rings is 1. The monoisotopic (exact) mass is 282 g/mol. The number of rotatable bonds is 2. The van der Waals surface area contributed by atoms with Crippen LogP contribution in [0.3, 0.4) is 0 Å². The zero-order valence-electron chi connectivity index (χ0n) is 8.45. The number of nitrogens with zero attached hydrogens (tertiary/aromatic N) is 2. The average molecular weight is 283 g/mol. The van der Waals surface area contributed by atoms with E-state index in [2.05, 4.69) is 25.9 Å². The van der Waals surface area contributed by atoms with E-state index in [0.717, 1.165) is 5.56 Å². The van der Waals surface area contributed by atoms with Crippen LogP contribution in [0.2, 0.25) is 0 Å². The first kappa shape index (κ1) is 11.0. The maximum Gasteiger partial charge on any atom is 0.223 e. The van der Waals surface area contributed by atoms with Crippen molar-refractivity contribution in [2.45, 2.75) is 6.92 Å². The molecule has 0 saturated carbocycles. The van der Waals surface area contributed by atoms with Crippen molar-refractivity contribution in [2.24, 2.45) is 0 Å². The Balaban J connectivity index is 2.30. The Labute approximate surface area is 100 Å². The van der Waals surface area contributed by atoms with Crippen LogP contribution in [0.15, 0.2) is 35.2 Å². The second-order valence-electron chi connectivity index (χ2n) is 3.19. The minimum atomic E-state index is -0.339. The predicted molar refractivity (Wildman–Crippen MR) is 60.9 cm³/mol. The Morgan fingerprint density at radius 1 is 1.25 bits per heavy atom. The first-order valence-electron chi connectivity index (χ1n) is 4.57. The summed E-state index contributed by atoms with van der Waals surface area (Å²) in [5.41, 5.74) is 0.844. The van der Waals surface area contributed by atoms with E-state index in [0.29, 0.717) is 16.2 Å². The third-order valence-corrected chi connectivity index (χ3v) is 2.41. The third kappa shape index (κ3) is 2.55. The summed E-state index contributed by atoms with van der Waals surface area (Å²) < 4.78 is 19.1. The summed E-state index contributed by atoms with van der Waals surface area (Å²) in [4.78, 5) is 7.79. The molecular formula is C11H8BrFN2O. The number of ether oxygens (including phenoxy) is 1. The lowest BCUT2D eigenvalue weighted by Gasteiger charge is -2.07. The minimum absolute atomic E-state index is 0.339. The quantitative estimate of drug-likeness (QED) is 0.791. The number of aryl methyl sites for hydroxylation is 1. The molecule has 16 heavy (non-hydrogen) atoms. The van der Waals surface area contributed by atoms with Crippen molar-refractivity contribution < 1.29 is 9.13 Å². The van der Waals surface area contributed by atoms with Crippen LogP contribution >= 0.6 is 15.9 Å². The minimum Gasteiger partial charge on any atom is -0.439 e. The van der Waals surface area contributed by atoms with Gasteiger partial charge in [0.25, 0.3) is 0 Å². The highest BCUT2D eigenvalue weighted by Crippen LogP contribution is 2.25. The Hall–Kier alpha value is -1.49. The van der Waals surface area contributed by atoms with Gasteiger partial charge in [0.2, 0.25) is 5.88 Å². The van der Waals surface area contributed by atoms with Gasteiger partial charge in [-0.2, -0.15) is 0 Å². The van der Waals surface area contributed by atoms with Crippen molar-refractivity contribution in [1.29, 1.82) is 0 Å². The molecule has 0 N–H and O–H groups in total. The van der Waals surface area contributed by atoms with E-state index >= 15 is 0 Å². The summed E-state index contributed by atoms with van der Waals surface area (Å²) in [6, 6.07) is 5.98. The molecule has 1 aromatic heterocycles. The second kappa shape index (κ2) is 4.57. The molecule has 2 rings (SSSR count). The highest BCUT2D eigenvalue weighted by atomic mass is 79.9. The summed E-state index contributed by atoms with van der Waals surface area (Å²) in [5.74, 6) is 0.481. The van der Waals surface area contributed by atoms with Gasteiger partial charge in [-0.25, -0.2) is 14.4 Å². The van der Waals surface area contributed by atoms with Crippen LogP contribution in [0.1, 0.15) is 5.56 Å². The van der Waals surface area contributed by atoms with Crippen LogP contribution < -0.4 is 4.74 Å². The van der Waals surface area contributed by atoms with Gasteiger partial charge in [0, 0.05) is 12.1 Å². The lowest BCUT2D eigenvalue weighted by Crippen LogP contribution is -1.92. The molecule has 1 aromatic carbocycles. The summed E-state index contributed by atoms with van der Waals surface area (Å²) in [6.07, 6.45) is 1.37. The van der Waals surface area contributed by atoms with Crippen molar-refractivity contribution >= 4 is 15.9 Å². The first-order chi connectivity index (χ1) is 7.65. The van der Waals surface area contributed by atoms with Crippen molar-refractivity contribution in [3.05, 3.63) is 46.6 Å². The molecule has 1 heterocycles. The highest BCUT2D eigenvalue weighted by Gasteiger charge is 2.04. The van der Waals surface area contributed by atoms with Gasteiger partial charge in [0.05, 0.1) is 0 Å². The topological polar surface area (TPSA) is 35.0 Å². The van der Waals surface area contributed by atoms with Crippen molar-refractivity contribution in [1.82, 2.24) is 9.97 Å². The predicted octanol–water partition coefficient (Wildman–Crippen LogP) is 3.48. The second-order valence-corrected chi connectivity index (χ2v) is 4.00. The van der Waals surface area contributed by atoms with E-state index in [1.807, 2.05) is 6.92 Å². The van der Waals surface area contributed by atoms with Gasteiger partial charge < -0.3 is 4.74 Å². The molecule has 0 aliphatic carbocycles. The maximum absolute atomic E-state index is 13.0. The van der Waals surface area contributed by atoms with Gasteiger partial charge in [-0.15, -0.1) is 0 Å². The van der Waals surface area contributed by atoms with Gasteiger partial charge in [-0.3, -0.25) is 0 Å². The van der Waals surface area contributed by atoms with Crippen LogP contribution in [0.5, 0.6) is 11.6 Å². The van der Waals surface area contributed by atoms with Gasteiger partial charge in [0.1, 0.15) is 22.5 Å². The van der Waals surface area contributed by atoms with Crippen LogP contribution in [-0.4, -0.2) is 9.97 Å². The Bertz CT molecular complexity index is 519. The molecule has 82 valence electrons. The van der Waals surface area contributed by atoms with Gasteiger partial charge in [-0.05, 0) is 34.5 Å². The molecule has 3 nitrogen and oxygen atoms in total. The zero-order valence-corrected chi connectivity index (χ0v) is 10.0. The van der Waals surface area contributed by atoms with Gasteiger partial charge in [-0.1, -0.05) is 6.07 Å². The summed E-state index contributed by atoms with van der Waals surface area (Å²) in [6.45, 7) is 1.84. The molecule has 0 bridgehead atoms. The van der Waals surface area contributed by atoms with E-state index in [1.54, 1.807) is 12.1 Å². The molecule has 0 atom stereocenters. The standard InChI is InChI=1S/C11H8BrFN2O/c1-7-2-3-8(13)4-9(7)16-11-5-10(12)14-6-15-11/h2-6H,1H3. The summed E-state index contributed by atoms with van der Waals surface area (Å²) >= 11 is 3.20. The fourth-order valence-corrected chi connectivity index (χ4v) is 1.46. The SMILES string of the molecule is Cc1ccc(F)cc1Oc1cc(Br)ncn1. The largest absolute Gasteiger partial charge is 0.439 e. The molecule has 0 saturated heterocycles. The normalized spacial score (nSPS) is 10.2. The van der Waals surface area contributed by atoms with Crippen molar-refractivity contribution in [2.75, 3.05) is 0 Å². The molecule has 0 aliphatic rings. The fourth-order valence-electron chi connectivity index (χ4n) is 1.17. The third-order valence-electron chi connectivity index (χ3n) is 1.97. The van der Waals surface area contributed by atoms with Crippen LogP contribution in [0.25, 0.3) is 0 Å². The van der Waals surface area contributed by atoms with E-state index < -0.39 is 0 Å². The Morgan fingerprint density at radius 2 is 2.06 bits per heavy atom. The molecule has 0 aliphatic heterocycles. The summed E-state index contributed by atoms with van der Waals surface area (Å²) in [5, 5.41) is 0. The lowest BCUT2D eigenvalue weighted by atomic mass is 10.2. The Morgan fingerprint density at radius 3 is 2.81 bits per heavy atom. The lowest BCUT2D eigenvalue weighted by molar-refractivity contribution is 0.452. The van der Waals surface area contributed by atoms with E-state index in [4.69, 9.17) is 4.74 Å². The highest BCUT2D eigenvalue weighted by molar-refractivity contribution is 9.10. The van der Waals surface area contributed by atoms with Crippen molar-refractivity contribution in [3.63, 3.8) is 0 Å². The molecule has 0 amide bonds. The van der Waals surface area contributed by atoms with Crippen LogP contribution in [0.4, 0.5) is 4.39 Å². The fraction of sp³-hybridized carbons (Fsp3) is 0.0909. The molecule has 0 radical (unpaired) electrons. The van der Waals surface area contributed by atoms with Crippen molar-refractivity contribution in [3.8, 4) is 11.6 Å². The van der Waals surface area contributed by atoms with Gasteiger partial charge >= 0.3 is 0 Å². The molecule has 2 aromatic rings. The number of halogens is 2. The van der Waals surface area contributed by atoms with Gasteiger partial charge in [0.15, 0.2) is 0 Å². The molecular weight excluding hydrogens is 275 g/mol. The van der Waals surface area contributed by atoms with Crippen LogP contribution in [-0.2, 0) is 0 Å². The molecule has 0 unspecified atom stereocenters. The van der Waals surface area contributed by atoms with E-state index in [1.165, 1.54) is 18.5 Å². The number of aromatic nitrogens is 2. The molecule has 5 heteroatoms. The molecule has 0 spiro atoms. The zero-order chi connectivity index (χ0) is 11.5. The van der Waals surface area contributed by atoms with Crippen LogP contribution in [0, 0.1) is 12.7 Å². The van der Waals surface area contributed by atoms with E-state index in [9.17, 15) is 4.39 Å². The Kier molecular flexibility index (Phi) is 3.14. The first-order valence-corrected chi connectivity index (χ1v) is 5.36.